The molecule has 1 atom stereocenters. The molecule has 2 heterocycles. The Morgan fingerprint density at radius 1 is 1.19 bits per heavy atom. The third kappa shape index (κ3) is 5.69. The lowest BCUT2D eigenvalue weighted by Gasteiger charge is -2.29. The number of likely N-dealkylation sites (tertiary alicyclic amines) is 1. The molecule has 1 aromatic heterocycles. The van der Waals surface area contributed by atoms with Gasteiger partial charge in [0.05, 0.1) is 6.04 Å². The number of hydrogen-bond donors (Lipinski definition) is 1. The predicted octanol–water partition coefficient (Wildman–Crippen LogP) is 4.21. The number of nitrogens with one attached hydrogen (secondary N) is 1. The summed E-state index contributed by atoms with van der Waals surface area (Å²) in [6, 6.07) is 15.4. The van der Waals surface area contributed by atoms with Crippen LogP contribution in [0.1, 0.15) is 29.3 Å². The monoisotopic (exact) mass is 484 g/mol. The van der Waals surface area contributed by atoms with Crippen molar-refractivity contribution in [3.63, 3.8) is 0 Å². The highest BCUT2D eigenvalue weighted by Gasteiger charge is 2.24. The number of halogens is 1. The van der Waals surface area contributed by atoms with Gasteiger partial charge in [-0.1, -0.05) is 36.4 Å². The first-order chi connectivity index (χ1) is 12.3. The van der Waals surface area contributed by atoms with Crippen LogP contribution < -0.4 is 5.32 Å². The van der Waals surface area contributed by atoms with E-state index in [-0.39, 0.29) is 24.0 Å². The van der Waals surface area contributed by atoms with Crippen molar-refractivity contribution in [2.45, 2.75) is 25.4 Å². The van der Waals surface area contributed by atoms with E-state index >= 15 is 0 Å². The highest BCUT2D eigenvalue weighted by Crippen LogP contribution is 2.27. The summed E-state index contributed by atoms with van der Waals surface area (Å²) < 4.78 is 0. The molecular formula is C20H29IN4S. The molecule has 0 amide bonds. The molecule has 6 heteroatoms. The van der Waals surface area contributed by atoms with E-state index in [1.54, 1.807) is 0 Å². The Morgan fingerprint density at radius 2 is 1.92 bits per heavy atom. The van der Waals surface area contributed by atoms with E-state index in [0.29, 0.717) is 6.04 Å². The zero-order chi connectivity index (χ0) is 17.5. The Balaban J connectivity index is 0.00000243. The summed E-state index contributed by atoms with van der Waals surface area (Å²) in [5, 5.41) is 5.77. The van der Waals surface area contributed by atoms with Crippen LogP contribution in [-0.2, 0) is 6.54 Å². The summed E-state index contributed by atoms with van der Waals surface area (Å²) in [6.45, 7) is 4.14. The average Bonchev–Trinajstić information content (AvgIpc) is 3.34. The van der Waals surface area contributed by atoms with Gasteiger partial charge in [-0.3, -0.25) is 9.89 Å². The molecule has 0 radical (unpaired) electrons. The normalized spacial score (nSPS) is 16.2. The number of thiophene rings is 1. The Labute approximate surface area is 178 Å². The summed E-state index contributed by atoms with van der Waals surface area (Å²) in [5.74, 6) is 0.949. The van der Waals surface area contributed by atoms with Crippen LogP contribution in [0.5, 0.6) is 0 Å². The van der Waals surface area contributed by atoms with Gasteiger partial charge in [-0.15, -0.1) is 35.3 Å². The summed E-state index contributed by atoms with van der Waals surface area (Å²) in [6.07, 6.45) is 2.62. The molecule has 1 aliphatic rings. The topological polar surface area (TPSA) is 30.9 Å². The predicted molar refractivity (Wildman–Crippen MR) is 123 cm³/mol. The van der Waals surface area contributed by atoms with Gasteiger partial charge < -0.3 is 10.2 Å². The maximum Gasteiger partial charge on any atom is 0.193 e. The first-order valence-corrected chi connectivity index (χ1v) is 9.89. The summed E-state index contributed by atoms with van der Waals surface area (Å²) in [4.78, 5) is 10.7. The molecule has 0 spiro atoms. The second kappa shape index (κ2) is 10.9. The van der Waals surface area contributed by atoms with Gasteiger partial charge in [0.15, 0.2) is 5.96 Å². The molecule has 1 aliphatic heterocycles. The summed E-state index contributed by atoms with van der Waals surface area (Å²) >= 11 is 1.85. The highest BCUT2D eigenvalue weighted by atomic mass is 127. The van der Waals surface area contributed by atoms with Crippen LogP contribution in [0, 0.1) is 0 Å². The number of rotatable bonds is 6. The minimum Gasteiger partial charge on any atom is -0.354 e. The molecule has 26 heavy (non-hydrogen) atoms. The third-order valence-electron chi connectivity index (χ3n) is 4.74. The molecule has 3 rings (SSSR count). The Morgan fingerprint density at radius 3 is 2.54 bits per heavy atom. The Kier molecular flexibility index (Phi) is 8.87. The van der Waals surface area contributed by atoms with Crippen molar-refractivity contribution in [3.8, 4) is 0 Å². The van der Waals surface area contributed by atoms with Crippen molar-refractivity contribution in [2.75, 3.05) is 33.7 Å². The van der Waals surface area contributed by atoms with Crippen LogP contribution in [0.25, 0.3) is 0 Å². The van der Waals surface area contributed by atoms with Gasteiger partial charge in [-0.2, -0.15) is 0 Å². The van der Waals surface area contributed by atoms with Crippen molar-refractivity contribution < 1.29 is 0 Å². The summed E-state index contributed by atoms with van der Waals surface area (Å²) in [5.41, 5.74) is 1.29. The first kappa shape index (κ1) is 21.2. The number of guanidine groups is 1. The fraction of sp³-hybridized carbons (Fsp3) is 0.450. The molecule has 1 saturated heterocycles. The third-order valence-corrected chi connectivity index (χ3v) is 5.72. The van der Waals surface area contributed by atoms with Crippen LogP contribution >= 0.6 is 35.3 Å². The molecule has 142 valence electrons. The second-order valence-corrected chi connectivity index (χ2v) is 7.52. The molecule has 0 aliphatic carbocycles. The fourth-order valence-corrected chi connectivity index (χ4v) is 4.31. The molecule has 2 aromatic rings. The van der Waals surface area contributed by atoms with Crippen molar-refractivity contribution >= 4 is 41.3 Å². The van der Waals surface area contributed by atoms with Crippen LogP contribution in [0.2, 0.25) is 0 Å². The number of nitrogens with zero attached hydrogens (tertiary/aromatic N) is 3. The van der Waals surface area contributed by atoms with Crippen molar-refractivity contribution in [2.24, 2.45) is 4.99 Å². The van der Waals surface area contributed by atoms with Gasteiger partial charge in [0.2, 0.25) is 0 Å². The van der Waals surface area contributed by atoms with E-state index < -0.39 is 0 Å². The molecule has 0 bridgehead atoms. The van der Waals surface area contributed by atoms with Crippen LogP contribution in [0.3, 0.4) is 0 Å². The van der Waals surface area contributed by atoms with Gasteiger partial charge in [-0.05, 0) is 42.9 Å². The quantitative estimate of drug-likeness (QED) is 0.379. The first-order valence-electron chi connectivity index (χ1n) is 9.01. The van der Waals surface area contributed by atoms with Crippen molar-refractivity contribution in [1.29, 1.82) is 0 Å². The van der Waals surface area contributed by atoms with Gasteiger partial charge in [0.1, 0.15) is 0 Å². The molecule has 1 fully saturated rings. The number of aliphatic imine (C=N–C) groups is 1. The standard InChI is InChI=1S/C20H28N4S.HI/c1-21-20(23(2)16-17-9-4-3-5-10-17)22-15-18(19-11-8-14-25-19)24-12-6-7-13-24;/h3-5,8-11,14,18H,6-7,12-13,15-16H2,1-2H3,(H,21,22);1H. The van der Waals surface area contributed by atoms with Gasteiger partial charge >= 0.3 is 0 Å². The van der Waals surface area contributed by atoms with E-state index in [4.69, 9.17) is 0 Å². The minimum absolute atomic E-state index is 0. The lowest BCUT2D eigenvalue weighted by Crippen LogP contribution is -2.43. The zero-order valence-corrected chi connectivity index (χ0v) is 18.7. The largest absolute Gasteiger partial charge is 0.354 e. The Hall–Kier alpha value is -1.12. The van der Waals surface area contributed by atoms with E-state index in [9.17, 15) is 0 Å². The van der Waals surface area contributed by atoms with Gasteiger partial charge in [0, 0.05) is 32.1 Å². The van der Waals surface area contributed by atoms with Crippen LogP contribution in [0.4, 0.5) is 0 Å². The maximum atomic E-state index is 4.48. The fourth-order valence-electron chi connectivity index (χ4n) is 3.45. The highest BCUT2D eigenvalue weighted by molar-refractivity contribution is 14.0. The van der Waals surface area contributed by atoms with Crippen LogP contribution in [-0.4, -0.2) is 49.5 Å². The van der Waals surface area contributed by atoms with Crippen molar-refractivity contribution in [1.82, 2.24) is 15.1 Å². The van der Waals surface area contributed by atoms with E-state index in [1.165, 1.54) is 36.4 Å². The SMILES string of the molecule is CN=C(NCC(c1cccs1)N1CCCC1)N(C)Cc1ccccc1.I. The number of hydrogen-bond acceptors (Lipinski definition) is 3. The summed E-state index contributed by atoms with van der Waals surface area (Å²) in [7, 11) is 3.96. The van der Waals surface area contributed by atoms with E-state index in [0.717, 1.165) is 19.0 Å². The lowest BCUT2D eigenvalue weighted by molar-refractivity contribution is 0.247. The Bertz CT molecular complexity index is 654. The second-order valence-electron chi connectivity index (χ2n) is 6.54. The van der Waals surface area contributed by atoms with E-state index in [2.05, 4.69) is 75.0 Å². The maximum absolute atomic E-state index is 4.48. The van der Waals surface area contributed by atoms with Gasteiger partial charge in [0.25, 0.3) is 0 Å². The minimum atomic E-state index is 0. The zero-order valence-electron chi connectivity index (χ0n) is 15.6. The molecular weight excluding hydrogens is 455 g/mol. The average molecular weight is 484 g/mol. The molecule has 1 N–H and O–H groups in total. The van der Waals surface area contributed by atoms with Crippen LogP contribution in [0.15, 0.2) is 52.8 Å². The molecule has 0 saturated carbocycles. The van der Waals surface area contributed by atoms with Gasteiger partial charge in [-0.25, -0.2) is 0 Å². The van der Waals surface area contributed by atoms with E-state index in [1.807, 2.05) is 18.4 Å². The van der Waals surface area contributed by atoms with Crippen molar-refractivity contribution in [3.05, 3.63) is 58.3 Å². The number of benzene rings is 1. The molecule has 1 unspecified atom stereocenters. The molecule has 1 aromatic carbocycles. The lowest BCUT2D eigenvalue weighted by atomic mass is 10.2. The smallest absolute Gasteiger partial charge is 0.193 e. The molecule has 4 nitrogen and oxygen atoms in total.